The molecule has 100 valence electrons. The fourth-order valence-electron chi connectivity index (χ4n) is 2.32. The number of likely N-dealkylation sites (N-methyl/N-ethyl adjacent to an activating group) is 1. The molecule has 0 aliphatic carbocycles. The second kappa shape index (κ2) is 6.50. The topological polar surface area (TPSA) is 29.3 Å². The third-order valence-corrected chi connectivity index (χ3v) is 3.66. The molecule has 0 radical (unpaired) electrons. The summed E-state index contributed by atoms with van der Waals surface area (Å²) in [6, 6.07) is 19.5. The van der Waals surface area contributed by atoms with Crippen LogP contribution in [-0.4, -0.2) is 25.0 Å². The molecule has 2 rings (SSSR count). The first-order chi connectivity index (χ1) is 9.26. The van der Waals surface area contributed by atoms with Crippen molar-refractivity contribution in [3.63, 3.8) is 0 Å². The lowest BCUT2D eigenvalue weighted by molar-refractivity contribution is 0.263. The van der Waals surface area contributed by atoms with E-state index in [1.54, 1.807) is 0 Å². The summed E-state index contributed by atoms with van der Waals surface area (Å²) in [5, 5.41) is 0. The summed E-state index contributed by atoms with van der Waals surface area (Å²) in [5.74, 6) is 0. The molecular weight excluding hydrogens is 232 g/mol. The summed E-state index contributed by atoms with van der Waals surface area (Å²) in [4.78, 5) is 2.28. The summed E-state index contributed by atoms with van der Waals surface area (Å²) < 4.78 is 0. The van der Waals surface area contributed by atoms with Gasteiger partial charge >= 0.3 is 0 Å². The highest BCUT2D eigenvalue weighted by atomic mass is 15.1. The van der Waals surface area contributed by atoms with Gasteiger partial charge in [-0.1, -0.05) is 61.5 Å². The minimum absolute atomic E-state index is 0.301. The largest absolute Gasteiger partial charge is 0.329 e. The first-order valence-electron chi connectivity index (χ1n) is 6.82. The Kier molecular flexibility index (Phi) is 4.72. The maximum atomic E-state index is 5.89. The van der Waals surface area contributed by atoms with E-state index in [9.17, 15) is 0 Å². The van der Waals surface area contributed by atoms with Crippen LogP contribution in [-0.2, 0) is 0 Å². The lowest BCUT2D eigenvalue weighted by Gasteiger charge is -2.26. The molecule has 2 N–H and O–H groups in total. The Hall–Kier alpha value is -1.64. The van der Waals surface area contributed by atoms with Gasteiger partial charge in [0.2, 0.25) is 0 Å². The maximum Gasteiger partial charge on any atom is 0.0467 e. The minimum Gasteiger partial charge on any atom is -0.329 e. The van der Waals surface area contributed by atoms with Crippen molar-refractivity contribution in [2.24, 2.45) is 5.73 Å². The molecule has 0 spiro atoms. The molecule has 2 aromatic carbocycles. The van der Waals surface area contributed by atoms with E-state index in [4.69, 9.17) is 5.73 Å². The van der Waals surface area contributed by atoms with Crippen LogP contribution in [0.1, 0.15) is 18.5 Å². The van der Waals surface area contributed by atoms with Crippen molar-refractivity contribution in [2.45, 2.75) is 13.0 Å². The van der Waals surface area contributed by atoms with E-state index in [1.807, 2.05) is 6.07 Å². The summed E-state index contributed by atoms with van der Waals surface area (Å²) in [6.45, 7) is 3.80. The van der Waals surface area contributed by atoms with Gasteiger partial charge in [0.1, 0.15) is 0 Å². The zero-order chi connectivity index (χ0) is 13.7. The minimum atomic E-state index is 0.301. The summed E-state index contributed by atoms with van der Waals surface area (Å²) in [5.41, 5.74) is 9.67. The van der Waals surface area contributed by atoms with Crippen molar-refractivity contribution in [1.82, 2.24) is 4.90 Å². The SMILES string of the molecule is CCN(C)C(CN)c1ccc(-c2ccccc2)cc1. The molecular formula is C17H22N2. The van der Waals surface area contributed by atoms with Gasteiger partial charge in [-0.2, -0.15) is 0 Å². The smallest absolute Gasteiger partial charge is 0.0467 e. The molecule has 0 heterocycles. The van der Waals surface area contributed by atoms with E-state index in [0.29, 0.717) is 12.6 Å². The van der Waals surface area contributed by atoms with Crippen LogP contribution in [0.4, 0.5) is 0 Å². The number of hydrogen-bond donors (Lipinski definition) is 1. The van der Waals surface area contributed by atoms with Gasteiger partial charge < -0.3 is 5.73 Å². The molecule has 0 amide bonds. The Morgan fingerprint density at radius 1 is 0.947 bits per heavy atom. The molecule has 2 heteroatoms. The summed E-state index contributed by atoms with van der Waals surface area (Å²) in [7, 11) is 2.11. The van der Waals surface area contributed by atoms with Gasteiger partial charge in [-0.25, -0.2) is 0 Å². The lowest BCUT2D eigenvalue weighted by Crippen LogP contribution is -2.30. The van der Waals surface area contributed by atoms with Crippen LogP contribution < -0.4 is 5.73 Å². The Morgan fingerprint density at radius 2 is 1.53 bits per heavy atom. The van der Waals surface area contributed by atoms with E-state index in [0.717, 1.165) is 6.54 Å². The van der Waals surface area contributed by atoms with Crippen molar-refractivity contribution < 1.29 is 0 Å². The van der Waals surface area contributed by atoms with Crippen LogP contribution in [0.3, 0.4) is 0 Å². The molecule has 0 aliphatic rings. The van der Waals surface area contributed by atoms with Gasteiger partial charge in [0.25, 0.3) is 0 Å². The molecule has 19 heavy (non-hydrogen) atoms. The molecule has 0 aliphatic heterocycles. The highest BCUT2D eigenvalue weighted by Gasteiger charge is 2.13. The fraction of sp³-hybridized carbons (Fsp3) is 0.294. The number of rotatable bonds is 5. The quantitative estimate of drug-likeness (QED) is 0.887. The molecule has 1 unspecified atom stereocenters. The normalized spacial score (nSPS) is 12.6. The monoisotopic (exact) mass is 254 g/mol. The first kappa shape index (κ1) is 13.8. The number of hydrogen-bond acceptors (Lipinski definition) is 2. The van der Waals surface area contributed by atoms with Gasteiger partial charge in [0.05, 0.1) is 0 Å². The van der Waals surface area contributed by atoms with Crippen molar-refractivity contribution in [3.05, 3.63) is 60.2 Å². The van der Waals surface area contributed by atoms with Crippen LogP contribution >= 0.6 is 0 Å². The molecule has 0 saturated heterocycles. The van der Waals surface area contributed by atoms with Crippen LogP contribution in [0, 0.1) is 0 Å². The summed E-state index contributed by atoms with van der Waals surface area (Å²) >= 11 is 0. The van der Waals surface area contributed by atoms with Gasteiger partial charge in [-0.3, -0.25) is 4.90 Å². The molecule has 0 bridgehead atoms. The zero-order valence-corrected chi connectivity index (χ0v) is 11.7. The highest BCUT2D eigenvalue weighted by molar-refractivity contribution is 5.63. The van der Waals surface area contributed by atoms with E-state index < -0.39 is 0 Å². The Morgan fingerprint density at radius 3 is 2.05 bits per heavy atom. The third kappa shape index (κ3) is 3.22. The average Bonchev–Trinajstić information content (AvgIpc) is 2.49. The Bertz CT molecular complexity index is 490. The number of nitrogens with two attached hydrogens (primary N) is 1. The highest BCUT2D eigenvalue weighted by Crippen LogP contribution is 2.23. The average molecular weight is 254 g/mol. The maximum absolute atomic E-state index is 5.89. The van der Waals surface area contributed by atoms with Crippen LogP contribution in [0.2, 0.25) is 0 Å². The molecule has 2 aromatic rings. The van der Waals surface area contributed by atoms with Crippen molar-refractivity contribution in [2.75, 3.05) is 20.1 Å². The molecule has 1 atom stereocenters. The van der Waals surface area contributed by atoms with Gasteiger partial charge in [0, 0.05) is 12.6 Å². The van der Waals surface area contributed by atoms with Crippen LogP contribution in [0.25, 0.3) is 11.1 Å². The van der Waals surface area contributed by atoms with Gasteiger partial charge in [-0.15, -0.1) is 0 Å². The predicted molar refractivity (Wildman–Crippen MR) is 82.0 cm³/mol. The van der Waals surface area contributed by atoms with Crippen molar-refractivity contribution >= 4 is 0 Å². The molecule has 2 nitrogen and oxygen atoms in total. The van der Waals surface area contributed by atoms with E-state index in [2.05, 4.69) is 67.4 Å². The molecule has 0 aromatic heterocycles. The van der Waals surface area contributed by atoms with Gasteiger partial charge in [0.15, 0.2) is 0 Å². The van der Waals surface area contributed by atoms with E-state index in [-0.39, 0.29) is 0 Å². The van der Waals surface area contributed by atoms with Crippen LogP contribution in [0.5, 0.6) is 0 Å². The lowest BCUT2D eigenvalue weighted by atomic mass is 10.00. The summed E-state index contributed by atoms with van der Waals surface area (Å²) in [6.07, 6.45) is 0. The van der Waals surface area contributed by atoms with Crippen LogP contribution in [0.15, 0.2) is 54.6 Å². The third-order valence-electron chi connectivity index (χ3n) is 3.66. The van der Waals surface area contributed by atoms with Crippen molar-refractivity contribution in [3.8, 4) is 11.1 Å². The number of nitrogens with zero attached hydrogens (tertiary/aromatic N) is 1. The predicted octanol–water partition coefficient (Wildman–Crippen LogP) is 3.31. The number of benzene rings is 2. The van der Waals surface area contributed by atoms with E-state index >= 15 is 0 Å². The molecule has 0 fully saturated rings. The standard InChI is InChI=1S/C17H22N2/c1-3-19(2)17(13-18)16-11-9-15(10-12-16)14-7-5-4-6-8-14/h4-12,17H,3,13,18H2,1-2H3. The van der Waals surface area contributed by atoms with Crippen molar-refractivity contribution in [1.29, 1.82) is 0 Å². The van der Waals surface area contributed by atoms with Gasteiger partial charge in [-0.05, 0) is 30.3 Å². The first-order valence-corrected chi connectivity index (χ1v) is 6.82. The second-order valence-corrected chi connectivity index (χ2v) is 4.81. The van der Waals surface area contributed by atoms with E-state index in [1.165, 1.54) is 16.7 Å². The Labute approximate surface area is 115 Å². The Balaban J connectivity index is 2.23. The zero-order valence-electron chi connectivity index (χ0n) is 11.7. The second-order valence-electron chi connectivity index (χ2n) is 4.81. The molecule has 0 saturated carbocycles. The fourth-order valence-corrected chi connectivity index (χ4v) is 2.32.